The van der Waals surface area contributed by atoms with Crippen LogP contribution in [-0.4, -0.2) is 26.7 Å². The number of fused-ring (bicyclic) bond motifs is 2. The summed E-state index contributed by atoms with van der Waals surface area (Å²) in [6, 6.07) is 0. The van der Waals surface area contributed by atoms with Crippen LogP contribution in [0.1, 0.15) is 46.5 Å². The van der Waals surface area contributed by atoms with Gasteiger partial charge in [-0.2, -0.15) is 0 Å². The van der Waals surface area contributed by atoms with E-state index in [0.29, 0.717) is 11.8 Å². The topological polar surface area (TPSA) is 46.5 Å². The van der Waals surface area contributed by atoms with Gasteiger partial charge in [-0.05, 0) is 43.4 Å². The molecule has 0 amide bonds. The zero-order valence-corrected chi connectivity index (χ0v) is 13.5. The highest BCUT2D eigenvalue weighted by molar-refractivity contribution is 14.1. The molecule has 104 valence electrons. The van der Waals surface area contributed by atoms with Crippen LogP contribution in [0, 0.1) is 17.8 Å². The van der Waals surface area contributed by atoms with Crippen LogP contribution in [0.3, 0.4) is 0 Å². The van der Waals surface area contributed by atoms with E-state index in [2.05, 4.69) is 36.4 Å². The van der Waals surface area contributed by atoms with Crippen LogP contribution in [0.5, 0.6) is 0 Å². The molecule has 2 fully saturated rings. The van der Waals surface area contributed by atoms with Crippen LogP contribution in [0.25, 0.3) is 0 Å². The average molecular weight is 366 g/mol. The Hall–Kier alpha value is 0.160. The summed E-state index contributed by atoms with van der Waals surface area (Å²) in [5.41, 5.74) is -0.526. The molecule has 4 heteroatoms. The van der Waals surface area contributed by atoms with E-state index in [0.717, 1.165) is 25.7 Å². The fourth-order valence-electron chi connectivity index (χ4n) is 3.54. The molecule has 3 nitrogen and oxygen atoms in total. The van der Waals surface area contributed by atoms with Gasteiger partial charge in [0.15, 0.2) is 0 Å². The first-order valence-corrected chi connectivity index (χ1v) is 8.20. The summed E-state index contributed by atoms with van der Waals surface area (Å²) in [5.74, 6) is 0.891. The van der Waals surface area contributed by atoms with E-state index >= 15 is 0 Å². The van der Waals surface area contributed by atoms with Crippen LogP contribution >= 0.6 is 22.6 Å². The maximum Gasteiger partial charge on any atom is 0.319 e. The van der Waals surface area contributed by atoms with Gasteiger partial charge in [-0.3, -0.25) is 4.79 Å². The molecule has 2 saturated carbocycles. The molecule has 0 spiro atoms. The Morgan fingerprint density at radius 3 is 2.61 bits per heavy atom. The zero-order chi connectivity index (χ0) is 13.5. The fraction of sp³-hybridized carbons (Fsp3) is 0.929. The summed E-state index contributed by atoms with van der Waals surface area (Å²) < 4.78 is 5.58. The van der Waals surface area contributed by atoms with Crippen molar-refractivity contribution in [2.24, 2.45) is 17.8 Å². The zero-order valence-electron chi connectivity index (χ0n) is 11.4. The van der Waals surface area contributed by atoms with Crippen molar-refractivity contribution in [3.8, 4) is 0 Å². The number of ether oxygens (including phenoxy) is 1. The minimum absolute atomic E-state index is 0.0364. The third-order valence-electron chi connectivity index (χ3n) is 4.81. The smallest absolute Gasteiger partial charge is 0.319 e. The molecule has 0 heterocycles. The molecule has 0 saturated heterocycles. The standard InChI is InChI=1S/C14H23IO3/c1-4-11(15)13(16)18-12-6-10-5-9(12)7-14(10,17)8(2)3/h8-12,17H,4-7H2,1-3H3. The molecule has 2 bridgehead atoms. The van der Waals surface area contributed by atoms with Gasteiger partial charge in [-0.25, -0.2) is 0 Å². The van der Waals surface area contributed by atoms with Gasteiger partial charge in [0.25, 0.3) is 0 Å². The van der Waals surface area contributed by atoms with E-state index < -0.39 is 5.60 Å². The van der Waals surface area contributed by atoms with E-state index in [-0.39, 0.29) is 21.9 Å². The number of alkyl halides is 1. The number of carbonyl (C=O) groups excluding carboxylic acids is 1. The Balaban J connectivity index is 1.94. The quantitative estimate of drug-likeness (QED) is 0.473. The molecule has 0 aromatic rings. The first-order valence-electron chi connectivity index (χ1n) is 6.95. The van der Waals surface area contributed by atoms with Crippen LogP contribution in [-0.2, 0) is 9.53 Å². The number of carbonyl (C=O) groups is 1. The molecular formula is C14H23IO3. The number of esters is 1. The van der Waals surface area contributed by atoms with Gasteiger partial charge in [0, 0.05) is 0 Å². The van der Waals surface area contributed by atoms with Crippen LogP contribution in [0.2, 0.25) is 0 Å². The second-order valence-electron chi connectivity index (χ2n) is 6.13. The van der Waals surface area contributed by atoms with Gasteiger partial charge in [-0.15, -0.1) is 0 Å². The number of hydrogen-bond donors (Lipinski definition) is 1. The molecule has 2 aliphatic carbocycles. The van der Waals surface area contributed by atoms with Gasteiger partial charge in [0.05, 0.1) is 5.60 Å². The third-order valence-corrected chi connectivity index (χ3v) is 6.20. The Kier molecular flexibility index (Phi) is 4.26. The monoisotopic (exact) mass is 366 g/mol. The second-order valence-corrected chi connectivity index (χ2v) is 7.63. The lowest BCUT2D eigenvalue weighted by molar-refractivity contribution is -0.155. The molecule has 2 rings (SSSR count). The van der Waals surface area contributed by atoms with E-state index in [4.69, 9.17) is 4.74 Å². The van der Waals surface area contributed by atoms with Gasteiger partial charge in [0.1, 0.15) is 10.0 Å². The van der Waals surface area contributed by atoms with E-state index in [1.54, 1.807) is 0 Å². The predicted molar refractivity (Wildman–Crippen MR) is 78.6 cm³/mol. The maximum atomic E-state index is 11.8. The SMILES string of the molecule is CCC(I)C(=O)OC1CC2CC1CC2(O)C(C)C. The summed E-state index contributed by atoms with van der Waals surface area (Å²) in [7, 11) is 0. The number of aliphatic hydroxyl groups is 1. The summed E-state index contributed by atoms with van der Waals surface area (Å²) in [5, 5.41) is 10.6. The maximum absolute atomic E-state index is 11.8. The van der Waals surface area contributed by atoms with Crippen molar-refractivity contribution in [2.75, 3.05) is 0 Å². The highest BCUT2D eigenvalue weighted by Crippen LogP contribution is 2.54. The van der Waals surface area contributed by atoms with Crippen molar-refractivity contribution < 1.29 is 14.6 Å². The Morgan fingerprint density at radius 2 is 2.17 bits per heavy atom. The van der Waals surface area contributed by atoms with E-state index in [1.807, 2.05) is 6.92 Å². The Bertz CT molecular complexity index is 331. The lowest BCUT2D eigenvalue weighted by atomic mass is 9.75. The molecular weight excluding hydrogens is 343 g/mol. The first-order chi connectivity index (χ1) is 8.38. The molecule has 0 radical (unpaired) electrons. The fourth-order valence-corrected chi connectivity index (χ4v) is 3.68. The second kappa shape index (κ2) is 5.27. The van der Waals surface area contributed by atoms with Gasteiger partial charge < -0.3 is 9.84 Å². The number of halogens is 1. The van der Waals surface area contributed by atoms with Crippen molar-refractivity contribution in [3.63, 3.8) is 0 Å². The largest absolute Gasteiger partial charge is 0.461 e. The normalized spacial score (nSPS) is 40.2. The van der Waals surface area contributed by atoms with Crippen LogP contribution in [0.4, 0.5) is 0 Å². The lowest BCUT2D eigenvalue weighted by Crippen LogP contribution is -2.44. The summed E-state index contributed by atoms with van der Waals surface area (Å²) in [6.07, 6.45) is 3.52. The number of rotatable bonds is 4. The third kappa shape index (κ3) is 2.42. The van der Waals surface area contributed by atoms with Crippen molar-refractivity contribution in [1.82, 2.24) is 0 Å². The van der Waals surface area contributed by atoms with Crippen molar-refractivity contribution in [3.05, 3.63) is 0 Å². The highest BCUT2D eigenvalue weighted by Gasteiger charge is 2.56. The molecule has 0 aromatic heterocycles. The van der Waals surface area contributed by atoms with E-state index in [9.17, 15) is 9.90 Å². The van der Waals surface area contributed by atoms with Crippen molar-refractivity contribution in [1.29, 1.82) is 0 Å². The lowest BCUT2D eigenvalue weighted by Gasteiger charge is -2.38. The first kappa shape index (κ1) is 14.6. The molecule has 18 heavy (non-hydrogen) atoms. The van der Waals surface area contributed by atoms with Crippen LogP contribution in [0.15, 0.2) is 0 Å². The molecule has 2 aliphatic rings. The van der Waals surface area contributed by atoms with Crippen molar-refractivity contribution >= 4 is 28.6 Å². The van der Waals surface area contributed by atoms with Crippen molar-refractivity contribution in [2.45, 2.75) is 62.1 Å². The van der Waals surface area contributed by atoms with Gasteiger partial charge >= 0.3 is 5.97 Å². The van der Waals surface area contributed by atoms with Crippen LogP contribution < -0.4 is 0 Å². The molecule has 0 aliphatic heterocycles. The predicted octanol–water partition coefficient (Wildman–Crippen LogP) is 2.93. The molecule has 1 N–H and O–H groups in total. The summed E-state index contributed by atoms with van der Waals surface area (Å²) >= 11 is 2.14. The van der Waals surface area contributed by atoms with E-state index in [1.165, 1.54) is 0 Å². The minimum Gasteiger partial charge on any atom is -0.461 e. The summed E-state index contributed by atoms with van der Waals surface area (Å²) in [6.45, 7) is 6.16. The molecule has 5 atom stereocenters. The van der Waals surface area contributed by atoms with Gasteiger partial charge in [-0.1, -0.05) is 43.4 Å². The summed E-state index contributed by atoms with van der Waals surface area (Å²) in [4.78, 5) is 11.8. The number of hydrogen-bond acceptors (Lipinski definition) is 3. The Morgan fingerprint density at radius 1 is 1.50 bits per heavy atom. The minimum atomic E-state index is -0.526. The molecule has 0 aromatic carbocycles. The Labute approximate surface area is 123 Å². The average Bonchev–Trinajstić information content (AvgIpc) is 2.85. The highest BCUT2D eigenvalue weighted by atomic mass is 127. The van der Waals surface area contributed by atoms with Gasteiger partial charge in [0.2, 0.25) is 0 Å². The molecule has 5 unspecified atom stereocenters.